The quantitative estimate of drug-likeness (QED) is 0.791. The summed E-state index contributed by atoms with van der Waals surface area (Å²) in [6, 6.07) is 6.23. The van der Waals surface area contributed by atoms with Crippen molar-refractivity contribution in [3.05, 3.63) is 29.8 Å². The Bertz CT molecular complexity index is 336. The summed E-state index contributed by atoms with van der Waals surface area (Å²) >= 11 is 1.58. The SMILES string of the molecule is CC(C)SCc1ccccc1OC(F)(F)F. The fourth-order valence-corrected chi connectivity index (χ4v) is 1.86. The largest absolute Gasteiger partial charge is 0.573 e. The Morgan fingerprint density at radius 1 is 1.25 bits per heavy atom. The highest BCUT2D eigenvalue weighted by molar-refractivity contribution is 7.99. The molecule has 0 aliphatic carbocycles. The van der Waals surface area contributed by atoms with Gasteiger partial charge < -0.3 is 4.74 Å². The third kappa shape index (κ3) is 4.79. The van der Waals surface area contributed by atoms with Crippen LogP contribution in [-0.4, -0.2) is 11.6 Å². The predicted molar refractivity (Wildman–Crippen MR) is 59.6 cm³/mol. The van der Waals surface area contributed by atoms with Crippen LogP contribution in [-0.2, 0) is 5.75 Å². The average molecular weight is 250 g/mol. The Balaban J connectivity index is 2.75. The number of alkyl halides is 3. The number of para-hydroxylation sites is 1. The Kier molecular flexibility index (Phi) is 4.53. The van der Waals surface area contributed by atoms with E-state index in [0.717, 1.165) is 0 Å². The highest BCUT2D eigenvalue weighted by Crippen LogP contribution is 2.29. The molecule has 0 saturated heterocycles. The minimum Gasteiger partial charge on any atom is -0.405 e. The van der Waals surface area contributed by atoms with Crippen LogP contribution < -0.4 is 4.74 Å². The first-order chi connectivity index (χ1) is 7.38. The van der Waals surface area contributed by atoms with E-state index in [4.69, 9.17) is 0 Å². The van der Waals surface area contributed by atoms with Crippen LogP contribution in [0.3, 0.4) is 0 Å². The molecule has 0 bridgehead atoms. The van der Waals surface area contributed by atoms with E-state index >= 15 is 0 Å². The van der Waals surface area contributed by atoms with Crippen molar-refractivity contribution in [3.8, 4) is 5.75 Å². The topological polar surface area (TPSA) is 9.23 Å². The van der Waals surface area contributed by atoms with E-state index < -0.39 is 6.36 Å². The van der Waals surface area contributed by atoms with E-state index in [1.54, 1.807) is 23.9 Å². The molecule has 0 aliphatic rings. The second-order valence-corrected chi connectivity index (χ2v) is 5.08. The van der Waals surface area contributed by atoms with E-state index in [9.17, 15) is 13.2 Å². The van der Waals surface area contributed by atoms with Crippen molar-refractivity contribution < 1.29 is 17.9 Å². The molecule has 0 N–H and O–H groups in total. The van der Waals surface area contributed by atoms with Gasteiger partial charge in [0.05, 0.1) is 0 Å². The van der Waals surface area contributed by atoms with Crippen molar-refractivity contribution in [2.24, 2.45) is 0 Å². The summed E-state index contributed by atoms with van der Waals surface area (Å²) in [5, 5.41) is 0.374. The molecule has 0 amide bonds. The highest BCUT2D eigenvalue weighted by atomic mass is 32.2. The van der Waals surface area contributed by atoms with Gasteiger partial charge in [0.15, 0.2) is 0 Å². The molecule has 0 aromatic heterocycles. The fourth-order valence-electron chi connectivity index (χ4n) is 1.10. The van der Waals surface area contributed by atoms with Gasteiger partial charge >= 0.3 is 6.36 Å². The van der Waals surface area contributed by atoms with Crippen LogP contribution in [0.1, 0.15) is 19.4 Å². The van der Waals surface area contributed by atoms with Crippen LogP contribution in [0, 0.1) is 0 Å². The first-order valence-electron chi connectivity index (χ1n) is 4.84. The summed E-state index contributed by atoms with van der Waals surface area (Å²) in [6.45, 7) is 4.00. The van der Waals surface area contributed by atoms with Gasteiger partial charge in [0.1, 0.15) is 5.75 Å². The van der Waals surface area contributed by atoms with Crippen LogP contribution in [0.15, 0.2) is 24.3 Å². The van der Waals surface area contributed by atoms with E-state index in [2.05, 4.69) is 4.74 Å². The summed E-state index contributed by atoms with van der Waals surface area (Å²) in [6.07, 6.45) is -4.63. The Hall–Kier alpha value is -0.840. The number of ether oxygens (including phenoxy) is 1. The minimum absolute atomic E-state index is 0.108. The molecule has 0 saturated carbocycles. The van der Waals surface area contributed by atoms with Gasteiger partial charge in [0, 0.05) is 11.3 Å². The number of thioether (sulfide) groups is 1. The predicted octanol–water partition coefficient (Wildman–Crippen LogP) is 4.23. The van der Waals surface area contributed by atoms with Crippen molar-refractivity contribution in [3.63, 3.8) is 0 Å². The summed E-state index contributed by atoms with van der Waals surface area (Å²) in [5.74, 6) is 0.410. The molecule has 0 atom stereocenters. The smallest absolute Gasteiger partial charge is 0.405 e. The molecule has 0 heterocycles. The second kappa shape index (κ2) is 5.48. The van der Waals surface area contributed by atoms with Crippen molar-refractivity contribution in [2.45, 2.75) is 31.2 Å². The molecular formula is C11H13F3OS. The zero-order valence-electron chi connectivity index (χ0n) is 9.04. The summed E-state index contributed by atoms with van der Waals surface area (Å²) in [7, 11) is 0. The molecule has 0 spiro atoms. The number of halogens is 3. The first kappa shape index (κ1) is 13.2. The molecule has 90 valence electrons. The molecule has 1 aromatic carbocycles. The lowest BCUT2D eigenvalue weighted by molar-refractivity contribution is -0.274. The minimum atomic E-state index is -4.63. The first-order valence-corrected chi connectivity index (χ1v) is 5.88. The lowest BCUT2D eigenvalue weighted by atomic mass is 10.2. The van der Waals surface area contributed by atoms with Gasteiger partial charge in [-0.25, -0.2) is 0 Å². The summed E-state index contributed by atoms with van der Waals surface area (Å²) < 4.78 is 40.2. The Morgan fingerprint density at radius 3 is 2.44 bits per heavy atom. The van der Waals surface area contributed by atoms with Gasteiger partial charge in [-0.15, -0.1) is 13.2 Å². The molecule has 0 unspecified atom stereocenters. The van der Waals surface area contributed by atoms with E-state index in [0.29, 0.717) is 16.6 Å². The molecule has 1 rings (SSSR count). The maximum absolute atomic E-state index is 12.1. The Labute approximate surface area is 97.0 Å². The molecule has 0 fully saturated rings. The number of hydrogen-bond donors (Lipinski definition) is 0. The molecule has 1 aromatic rings. The third-order valence-electron chi connectivity index (χ3n) is 1.77. The maximum Gasteiger partial charge on any atom is 0.573 e. The standard InChI is InChI=1S/C11H13F3OS/c1-8(2)16-7-9-5-3-4-6-10(9)15-11(12,13)14/h3-6,8H,7H2,1-2H3. The van der Waals surface area contributed by atoms with Crippen LogP contribution in [0.2, 0.25) is 0 Å². The second-order valence-electron chi connectivity index (χ2n) is 3.52. The zero-order valence-corrected chi connectivity index (χ0v) is 9.86. The normalized spacial score (nSPS) is 11.9. The zero-order chi connectivity index (χ0) is 12.2. The van der Waals surface area contributed by atoms with Crippen LogP contribution >= 0.6 is 11.8 Å². The van der Waals surface area contributed by atoms with Gasteiger partial charge in [-0.3, -0.25) is 0 Å². The third-order valence-corrected chi connectivity index (χ3v) is 2.91. The molecule has 16 heavy (non-hydrogen) atoms. The van der Waals surface area contributed by atoms with Gasteiger partial charge in [0.25, 0.3) is 0 Å². The van der Waals surface area contributed by atoms with Crippen LogP contribution in [0.25, 0.3) is 0 Å². The van der Waals surface area contributed by atoms with E-state index in [1.165, 1.54) is 12.1 Å². The van der Waals surface area contributed by atoms with Crippen LogP contribution in [0.5, 0.6) is 5.75 Å². The van der Waals surface area contributed by atoms with Gasteiger partial charge in [-0.1, -0.05) is 32.0 Å². The lowest BCUT2D eigenvalue weighted by Gasteiger charge is -2.13. The van der Waals surface area contributed by atoms with Crippen molar-refractivity contribution in [2.75, 3.05) is 0 Å². The van der Waals surface area contributed by atoms with Crippen LogP contribution in [0.4, 0.5) is 13.2 Å². The van der Waals surface area contributed by atoms with E-state index in [-0.39, 0.29) is 5.75 Å². The molecule has 5 heteroatoms. The maximum atomic E-state index is 12.1. The number of benzene rings is 1. The van der Waals surface area contributed by atoms with E-state index in [1.807, 2.05) is 13.8 Å². The van der Waals surface area contributed by atoms with Crippen molar-refractivity contribution >= 4 is 11.8 Å². The van der Waals surface area contributed by atoms with Crippen molar-refractivity contribution in [1.29, 1.82) is 0 Å². The highest BCUT2D eigenvalue weighted by Gasteiger charge is 2.31. The van der Waals surface area contributed by atoms with Gasteiger partial charge in [-0.2, -0.15) is 11.8 Å². The summed E-state index contributed by atoms with van der Waals surface area (Å²) in [4.78, 5) is 0. The van der Waals surface area contributed by atoms with Gasteiger partial charge in [0.2, 0.25) is 0 Å². The average Bonchev–Trinajstić information content (AvgIpc) is 2.14. The molecule has 1 nitrogen and oxygen atoms in total. The lowest BCUT2D eigenvalue weighted by Crippen LogP contribution is -2.18. The molecular weight excluding hydrogens is 237 g/mol. The monoisotopic (exact) mass is 250 g/mol. The van der Waals surface area contributed by atoms with Gasteiger partial charge in [-0.05, 0) is 11.3 Å². The number of hydrogen-bond acceptors (Lipinski definition) is 2. The Morgan fingerprint density at radius 2 is 1.88 bits per heavy atom. The molecule has 0 aliphatic heterocycles. The van der Waals surface area contributed by atoms with Crippen molar-refractivity contribution in [1.82, 2.24) is 0 Å². The fraction of sp³-hybridized carbons (Fsp3) is 0.455. The molecule has 0 radical (unpaired) electrons. The number of rotatable bonds is 4. The summed E-state index contributed by atoms with van der Waals surface area (Å²) in [5.41, 5.74) is 0.568.